The Hall–Kier alpha value is -2.49. The number of hydrogen-bond acceptors (Lipinski definition) is 6. The van der Waals surface area contributed by atoms with Crippen molar-refractivity contribution in [3.8, 4) is 0 Å². The first-order valence-electron chi connectivity index (χ1n) is 10.6. The molecule has 0 aromatic rings. The van der Waals surface area contributed by atoms with E-state index < -0.39 is 64.8 Å². The van der Waals surface area contributed by atoms with Crippen molar-refractivity contribution in [2.45, 2.75) is 84.1 Å². The number of likely N-dealkylation sites (tertiary alicyclic amines) is 1. The van der Waals surface area contributed by atoms with Crippen molar-refractivity contribution in [2.75, 3.05) is 0 Å². The quantitative estimate of drug-likeness (QED) is 0.447. The smallest absolute Gasteiger partial charge is 0.326 e. The van der Waals surface area contributed by atoms with Crippen molar-refractivity contribution >= 4 is 29.7 Å². The van der Waals surface area contributed by atoms with Crippen molar-refractivity contribution in [3.63, 3.8) is 0 Å². The van der Waals surface area contributed by atoms with Crippen LogP contribution < -0.4 is 5.32 Å². The number of rotatable bonds is 9. The van der Waals surface area contributed by atoms with E-state index in [1.165, 1.54) is 0 Å². The van der Waals surface area contributed by atoms with Crippen LogP contribution in [0.3, 0.4) is 0 Å². The van der Waals surface area contributed by atoms with E-state index in [2.05, 4.69) is 5.32 Å². The first-order chi connectivity index (χ1) is 14.4. The summed E-state index contributed by atoms with van der Waals surface area (Å²) in [5, 5.41) is 21.4. The molecule has 3 amide bonds. The van der Waals surface area contributed by atoms with Crippen molar-refractivity contribution < 1.29 is 38.9 Å². The molecule has 3 aliphatic heterocycles. The lowest BCUT2D eigenvalue weighted by Gasteiger charge is -2.36. The van der Waals surface area contributed by atoms with E-state index in [9.17, 15) is 34.2 Å². The van der Waals surface area contributed by atoms with Gasteiger partial charge in [-0.2, -0.15) is 0 Å². The second kappa shape index (κ2) is 7.89. The van der Waals surface area contributed by atoms with Crippen LogP contribution in [0.5, 0.6) is 0 Å². The van der Waals surface area contributed by atoms with Crippen molar-refractivity contribution in [3.05, 3.63) is 0 Å². The maximum atomic E-state index is 13.3. The third-order valence-electron chi connectivity index (χ3n) is 7.29. The molecule has 2 unspecified atom stereocenters. The number of carbonyl (C=O) groups is 5. The van der Waals surface area contributed by atoms with Gasteiger partial charge < -0.3 is 20.3 Å². The summed E-state index contributed by atoms with van der Waals surface area (Å²) in [7, 11) is 0. The topological polar surface area (TPSA) is 150 Å². The summed E-state index contributed by atoms with van der Waals surface area (Å²) in [5.74, 6) is -4.32. The van der Waals surface area contributed by atoms with Gasteiger partial charge in [0.15, 0.2) is 0 Å². The fourth-order valence-corrected chi connectivity index (χ4v) is 5.34. The molecular weight excluding hydrogens is 408 g/mol. The Balaban J connectivity index is 1.74. The fourth-order valence-electron chi connectivity index (χ4n) is 5.34. The lowest BCUT2D eigenvalue weighted by molar-refractivity contribution is -0.158. The van der Waals surface area contributed by atoms with Crippen LogP contribution in [0.1, 0.15) is 59.8 Å². The first-order valence-corrected chi connectivity index (χ1v) is 10.6. The van der Waals surface area contributed by atoms with E-state index in [0.717, 1.165) is 4.90 Å². The number of hydrogen-bond donors (Lipinski definition) is 3. The minimum atomic E-state index is -1.50. The second-order valence-corrected chi connectivity index (χ2v) is 9.56. The van der Waals surface area contributed by atoms with E-state index in [0.29, 0.717) is 12.8 Å². The van der Waals surface area contributed by atoms with Crippen molar-refractivity contribution in [1.82, 2.24) is 10.2 Å². The molecule has 3 heterocycles. The van der Waals surface area contributed by atoms with Gasteiger partial charge >= 0.3 is 11.9 Å². The van der Waals surface area contributed by atoms with Gasteiger partial charge in [-0.15, -0.1) is 0 Å². The van der Waals surface area contributed by atoms with E-state index in [4.69, 9.17) is 4.74 Å². The molecule has 3 fully saturated rings. The Morgan fingerprint density at radius 3 is 2.00 bits per heavy atom. The second-order valence-electron chi connectivity index (χ2n) is 9.56. The number of ether oxygens (including phenoxy) is 1. The Morgan fingerprint density at radius 2 is 1.58 bits per heavy atom. The third-order valence-corrected chi connectivity index (χ3v) is 7.29. The standard InChI is InChI=1S/C21H30N2O8/c1-10(2)9-11(16(25)26)22-15(24)8-5-12(17(27)28)23-18(29)20(3)13-6-7-14(31-13)21(20,4)19(23)30/h10-14H,5-9H2,1-4H3,(H,22,24)(H,25,26)(H,27,28)/t11?,12?,13-,14+,20+,21-. The number of imide groups is 1. The Kier molecular flexibility index (Phi) is 5.90. The number of carbonyl (C=O) groups excluding carboxylic acids is 3. The monoisotopic (exact) mass is 438 g/mol. The lowest BCUT2D eigenvalue weighted by Crippen LogP contribution is -2.49. The van der Waals surface area contributed by atoms with Crippen LogP contribution in [0, 0.1) is 16.7 Å². The average molecular weight is 438 g/mol. The zero-order valence-corrected chi connectivity index (χ0v) is 18.2. The summed E-state index contributed by atoms with van der Waals surface area (Å²) in [6.45, 7) is 6.96. The van der Waals surface area contributed by atoms with Gasteiger partial charge in [-0.3, -0.25) is 19.3 Å². The third kappa shape index (κ3) is 3.40. The SMILES string of the molecule is CC(C)CC(NC(=O)CCC(C(=O)O)N1C(=O)[C@@]2(C)[C@@H]3CC[C@@H](O3)[C@@]2(C)C1=O)C(=O)O. The van der Waals surface area contributed by atoms with Gasteiger partial charge in [-0.25, -0.2) is 9.59 Å². The number of aliphatic carboxylic acids is 2. The van der Waals surface area contributed by atoms with Crippen LogP contribution in [0.25, 0.3) is 0 Å². The van der Waals surface area contributed by atoms with Gasteiger partial charge in [-0.05, 0) is 45.4 Å². The highest BCUT2D eigenvalue weighted by Gasteiger charge is 2.77. The molecule has 10 heteroatoms. The molecule has 0 radical (unpaired) electrons. The van der Waals surface area contributed by atoms with E-state index >= 15 is 0 Å². The molecule has 31 heavy (non-hydrogen) atoms. The minimum absolute atomic E-state index is 0.0338. The van der Waals surface area contributed by atoms with Gasteiger partial charge in [0.05, 0.1) is 23.0 Å². The molecule has 3 aliphatic rings. The normalized spacial score (nSPS) is 33.5. The molecule has 0 aromatic carbocycles. The molecule has 0 spiro atoms. The van der Waals surface area contributed by atoms with Gasteiger partial charge in [0.25, 0.3) is 0 Å². The fraction of sp³-hybridized carbons (Fsp3) is 0.762. The molecule has 0 aromatic heterocycles. The Bertz CT molecular complexity index is 792. The molecule has 6 atom stereocenters. The number of fused-ring (bicyclic) bond motifs is 5. The Labute approximate surface area is 180 Å². The first kappa shape index (κ1) is 23.2. The van der Waals surface area contributed by atoms with Gasteiger partial charge in [0, 0.05) is 6.42 Å². The average Bonchev–Trinajstić information content (AvgIpc) is 3.28. The Morgan fingerprint density at radius 1 is 1.06 bits per heavy atom. The zero-order chi connectivity index (χ0) is 23.3. The number of carboxylic acid groups (broad SMARTS) is 2. The summed E-state index contributed by atoms with van der Waals surface area (Å²) >= 11 is 0. The summed E-state index contributed by atoms with van der Waals surface area (Å²) in [6.07, 6.45) is 0.00297. The van der Waals surface area contributed by atoms with Gasteiger partial charge in [0.1, 0.15) is 12.1 Å². The van der Waals surface area contributed by atoms with Crippen LogP contribution >= 0.6 is 0 Å². The summed E-state index contributed by atoms with van der Waals surface area (Å²) < 4.78 is 5.84. The van der Waals surface area contributed by atoms with Crippen molar-refractivity contribution in [2.24, 2.45) is 16.7 Å². The summed E-state index contributed by atoms with van der Waals surface area (Å²) in [5.41, 5.74) is -2.26. The molecule has 2 bridgehead atoms. The highest BCUT2D eigenvalue weighted by molar-refractivity contribution is 6.12. The molecule has 3 saturated heterocycles. The highest BCUT2D eigenvalue weighted by atomic mass is 16.5. The predicted molar refractivity (Wildman–Crippen MR) is 106 cm³/mol. The van der Waals surface area contributed by atoms with Crippen LogP contribution in [-0.2, 0) is 28.7 Å². The van der Waals surface area contributed by atoms with Gasteiger partial charge in [-0.1, -0.05) is 13.8 Å². The summed E-state index contributed by atoms with van der Waals surface area (Å²) in [4.78, 5) is 63.0. The van der Waals surface area contributed by atoms with Crippen LogP contribution in [0.2, 0.25) is 0 Å². The van der Waals surface area contributed by atoms with Crippen LogP contribution in [-0.4, -0.2) is 69.1 Å². The number of nitrogens with one attached hydrogen (secondary N) is 1. The molecule has 3 rings (SSSR count). The molecule has 0 aliphatic carbocycles. The minimum Gasteiger partial charge on any atom is -0.480 e. The van der Waals surface area contributed by atoms with E-state index in [1.807, 2.05) is 13.8 Å². The van der Waals surface area contributed by atoms with E-state index in [-0.39, 0.29) is 25.2 Å². The molecule has 0 saturated carbocycles. The number of nitrogens with zero attached hydrogens (tertiary/aromatic N) is 1. The molecule has 3 N–H and O–H groups in total. The van der Waals surface area contributed by atoms with Crippen LogP contribution in [0.4, 0.5) is 0 Å². The maximum absolute atomic E-state index is 13.3. The number of amides is 3. The van der Waals surface area contributed by atoms with Crippen molar-refractivity contribution in [1.29, 1.82) is 0 Å². The molecule has 172 valence electrons. The summed E-state index contributed by atoms with van der Waals surface area (Å²) in [6, 6.07) is -2.59. The molecular formula is C21H30N2O8. The van der Waals surface area contributed by atoms with Crippen LogP contribution in [0.15, 0.2) is 0 Å². The highest BCUT2D eigenvalue weighted by Crippen LogP contribution is 2.64. The zero-order valence-electron chi connectivity index (χ0n) is 18.2. The number of carboxylic acids is 2. The molecule has 10 nitrogen and oxygen atoms in total. The van der Waals surface area contributed by atoms with Gasteiger partial charge in [0.2, 0.25) is 17.7 Å². The van der Waals surface area contributed by atoms with E-state index in [1.54, 1.807) is 13.8 Å². The maximum Gasteiger partial charge on any atom is 0.326 e. The lowest BCUT2D eigenvalue weighted by atomic mass is 9.59. The predicted octanol–water partition coefficient (Wildman–Crippen LogP) is 0.778. The largest absolute Gasteiger partial charge is 0.480 e.